The highest BCUT2D eigenvalue weighted by Gasteiger charge is 2.48. The molecule has 0 radical (unpaired) electrons. The van der Waals surface area contributed by atoms with Gasteiger partial charge in [-0.15, -0.1) is 0 Å². The van der Waals surface area contributed by atoms with Crippen molar-refractivity contribution in [3.8, 4) is 0 Å². The normalized spacial score (nSPS) is 21.0. The van der Waals surface area contributed by atoms with Gasteiger partial charge in [0.2, 0.25) is 5.91 Å². The summed E-state index contributed by atoms with van der Waals surface area (Å²) in [6.45, 7) is 0. The van der Waals surface area contributed by atoms with Crippen LogP contribution < -0.4 is 4.90 Å². The molecule has 2 heterocycles. The fraction of sp³-hybridized carbons (Fsp3) is 0.100. The molecule has 3 amide bonds. The lowest BCUT2D eigenvalue weighted by molar-refractivity contribution is -0.129. The minimum Gasteiger partial charge on any atom is -0.280 e. The Balaban J connectivity index is 1.59. The number of carbonyl (C=O) groups is 3. The van der Waals surface area contributed by atoms with E-state index in [1.54, 1.807) is 54.6 Å². The quantitative estimate of drug-likeness (QED) is 0.381. The molecule has 146 valence electrons. The fourth-order valence-corrected chi connectivity index (χ4v) is 4.75. The van der Waals surface area contributed by atoms with Crippen LogP contribution >= 0.6 is 47.2 Å². The lowest BCUT2D eigenvalue weighted by Gasteiger charge is -2.21. The van der Waals surface area contributed by atoms with E-state index in [0.717, 1.165) is 22.2 Å². The Labute approximate surface area is 186 Å². The molecule has 2 aliphatic heterocycles. The molecule has 29 heavy (non-hydrogen) atoms. The number of benzene rings is 2. The van der Waals surface area contributed by atoms with Crippen LogP contribution in [0.1, 0.15) is 12.0 Å². The number of hydrogen-bond donors (Lipinski definition) is 0. The van der Waals surface area contributed by atoms with E-state index in [4.69, 9.17) is 35.4 Å². The average molecular weight is 463 g/mol. The SMILES string of the molecule is O=C1C[C@H](N2C(=O)/C(=C/c3ccc(Cl)cc3)SC2=S)C(=O)N1c1ccc(Cl)cc1. The van der Waals surface area contributed by atoms with Crippen LogP contribution in [0.5, 0.6) is 0 Å². The largest absolute Gasteiger partial charge is 0.280 e. The van der Waals surface area contributed by atoms with Crippen molar-refractivity contribution in [3.63, 3.8) is 0 Å². The molecule has 2 aromatic carbocycles. The molecule has 2 aromatic rings. The highest BCUT2D eigenvalue weighted by atomic mass is 35.5. The maximum absolute atomic E-state index is 13.0. The van der Waals surface area contributed by atoms with Crippen LogP contribution in [0.15, 0.2) is 53.4 Å². The molecule has 2 aliphatic rings. The first-order chi connectivity index (χ1) is 13.8. The summed E-state index contributed by atoms with van der Waals surface area (Å²) < 4.78 is 0.249. The third-order valence-electron chi connectivity index (χ3n) is 4.51. The molecule has 2 fully saturated rings. The van der Waals surface area contributed by atoms with Gasteiger partial charge in [0.1, 0.15) is 10.4 Å². The molecule has 0 unspecified atom stereocenters. The van der Waals surface area contributed by atoms with Gasteiger partial charge < -0.3 is 0 Å². The number of amides is 3. The standard InChI is InChI=1S/C20H12Cl2N2O3S2/c21-12-3-1-11(2-4-12)9-16-19(27)24(20(28)29-16)15-10-17(25)23(18(15)26)14-7-5-13(22)6-8-14/h1-9,15H,10H2/b16-9-/t15-/m0/s1. The van der Waals surface area contributed by atoms with Crippen molar-refractivity contribution >= 4 is 81.0 Å². The van der Waals surface area contributed by atoms with Crippen molar-refractivity contribution in [1.82, 2.24) is 4.90 Å². The first kappa shape index (κ1) is 20.1. The highest BCUT2D eigenvalue weighted by Crippen LogP contribution is 2.37. The zero-order valence-corrected chi connectivity index (χ0v) is 17.8. The molecule has 0 aliphatic carbocycles. The number of imide groups is 1. The monoisotopic (exact) mass is 462 g/mol. The van der Waals surface area contributed by atoms with Crippen molar-refractivity contribution < 1.29 is 14.4 Å². The summed E-state index contributed by atoms with van der Waals surface area (Å²) in [5.41, 5.74) is 1.19. The third kappa shape index (κ3) is 3.83. The summed E-state index contributed by atoms with van der Waals surface area (Å²) >= 11 is 18.2. The van der Waals surface area contributed by atoms with Crippen molar-refractivity contribution in [2.75, 3.05) is 4.90 Å². The number of anilines is 1. The van der Waals surface area contributed by atoms with Crippen LogP contribution in [0.25, 0.3) is 6.08 Å². The molecule has 0 bridgehead atoms. The molecule has 4 rings (SSSR count). The smallest absolute Gasteiger partial charge is 0.266 e. The average Bonchev–Trinajstić information content (AvgIpc) is 3.12. The van der Waals surface area contributed by atoms with Gasteiger partial charge in [0.05, 0.1) is 17.0 Å². The molecular formula is C20H12Cl2N2O3S2. The minimum absolute atomic E-state index is 0.123. The summed E-state index contributed by atoms with van der Waals surface area (Å²) in [5, 5.41) is 1.08. The molecule has 0 N–H and O–H groups in total. The molecule has 1 atom stereocenters. The number of carbonyl (C=O) groups excluding carboxylic acids is 3. The van der Waals surface area contributed by atoms with Crippen LogP contribution in [0.3, 0.4) is 0 Å². The predicted molar refractivity (Wildman–Crippen MR) is 119 cm³/mol. The lowest BCUT2D eigenvalue weighted by Crippen LogP contribution is -2.44. The van der Waals surface area contributed by atoms with Gasteiger partial charge in [-0.25, -0.2) is 4.90 Å². The first-order valence-corrected chi connectivity index (χ1v) is 10.5. The Bertz CT molecular complexity index is 1070. The molecule has 0 saturated carbocycles. The van der Waals surface area contributed by atoms with Gasteiger partial charge in [0.15, 0.2) is 0 Å². The van der Waals surface area contributed by atoms with Gasteiger partial charge in [-0.2, -0.15) is 0 Å². The van der Waals surface area contributed by atoms with Gasteiger partial charge in [-0.05, 0) is 48.0 Å². The van der Waals surface area contributed by atoms with Gasteiger partial charge in [-0.1, -0.05) is 59.3 Å². The Morgan fingerprint density at radius 3 is 2.17 bits per heavy atom. The summed E-state index contributed by atoms with van der Waals surface area (Å²) in [7, 11) is 0. The highest BCUT2D eigenvalue weighted by molar-refractivity contribution is 8.26. The number of nitrogens with zero attached hydrogens (tertiary/aromatic N) is 2. The second-order valence-corrected chi connectivity index (χ2v) is 8.92. The van der Waals surface area contributed by atoms with E-state index < -0.39 is 17.9 Å². The van der Waals surface area contributed by atoms with Crippen molar-refractivity contribution in [1.29, 1.82) is 0 Å². The van der Waals surface area contributed by atoms with Crippen molar-refractivity contribution in [2.24, 2.45) is 0 Å². The molecule has 0 spiro atoms. The van der Waals surface area contributed by atoms with Gasteiger partial charge in [-0.3, -0.25) is 19.3 Å². The maximum atomic E-state index is 13.0. The first-order valence-electron chi connectivity index (χ1n) is 8.50. The zero-order chi connectivity index (χ0) is 20.7. The number of hydrogen-bond acceptors (Lipinski definition) is 5. The minimum atomic E-state index is -0.957. The van der Waals surface area contributed by atoms with Gasteiger partial charge >= 0.3 is 0 Å². The Kier molecular flexibility index (Phi) is 5.48. The number of thioether (sulfide) groups is 1. The van der Waals surface area contributed by atoms with Crippen molar-refractivity contribution in [2.45, 2.75) is 12.5 Å². The summed E-state index contributed by atoms with van der Waals surface area (Å²) in [6, 6.07) is 12.4. The van der Waals surface area contributed by atoms with E-state index in [1.165, 1.54) is 4.90 Å². The second-order valence-electron chi connectivity index (χ2n) is 6.37. The number of thiocarbonyl (C=S) groups is 1. The van der Waals surface area contributed by atoms with Crippen LogP contribution in [0, 0.1) is 0 Å². The van der Waals surface area contributed by atoms with Crippen LogP contribution in [0.4, 0.5) is 5.69 Å². The molecule has 0 aromatic heterocycles. The van der Waals surface area contributed by atoms with E-state index in [0.29, 0.717) is 20.6 Å². The summed E-state index contributed by atoms with van der Waals surface area (Å²) in [5.74, 6) is -1.27. The fourth-order valence-electron chi connectivity index (χ4n) is 3.14. The molecular weight excluding hydrogens is 451 g/mol. The van der Waals surface area contributed by atoms with E-state index in [1.807, 2.05) is 0 Å². The van der Waals surface area contributed by atoms with E-state index in [9.17, 15) is 14.4 Å². The van der Waals surface area contributed by atoms with Crippen LogP contribution in [0.2, 0.25) is 10.0 Å². The summed E-state index contributed by atoms with van der Waals surface area (Å²) in [6.07, 6.45) is 1.57. The summed E-state index contributed by atoms with van der Waals surface area (Å²) in [4.78, 5) is 41.1. The molecule has 5 nitrogen and oxygen atoms in total. The van der Waals surface area contributed by atoms with Crippen molar-refractivity contribution in [3.05, 3.63) is 69.0 Å². The maximum Gasteiger partial charge on any atom is 0.266 e. The molecule has 9 heteroatoms. The van der Waals surface area contributed by atoms with Crippen LogP contribution in [-0.2, 0) is 14.4 Å². The van der Waals surface area contributed by atoms with Gasteiger partial charge in [0, 0.05) is 10.0 Å². The number of halogens is 2. The van der Waals surface area contributed by atoms with E-state index >= 15 is 0 Å². The topological polar surface area (TPSA) is 57.7 Å². The third-order valence-corrected chi connectivity index (χ3v) is 6.34. The molecule has 2 saturated heterocycles. The van der Waals surface area contributed by atoms with E-state index in [-0.39, 0.29) is 16.6 Å². The van der Waals surface area contributed by atoms with Gasteiger partial charge in [0.25, 0.3) is 11.8 Å². The Hall–Kier alpha value is -2.19. The zero-order valence-electron chi connectivity index (χ0n) is 14.7. The lowest BCUT2D eigenvalue weighted by atomic mass is 10.2. The van der Waals surface area contributed by atoms with Crippen LogP contribution in [-0.4, -0.2) is 33.0 Å². The second kappa shape index (κ2) is 7.91. The predicted octanol–water partition coefficient (Wildman–Crippen LogP) is 4.53. The van der Waals surface area contributed by atoms with E-state index in [2.05, 4.69) is 0 Å². The number of rotatable bonds is 3. The Morgan fingerprint density at radius 2 is 1.55 bits per heavy atom. The Morgan fingerprint density at radius 1 is 0.966 bits per heavy atom.